The number of benzene rings is 1. The van der Waals surface area contributed by atoms with Gasteiger partial charge in [-0.15, -0.1) is 0 Å². The van der Waals surface area contributed by atoms with Crippen molar-refractivity contribution < 1.29 is 5.11 Å². The van der Waals surface area contributed by atoms with Crippen LogP contribution in [0.15, 0.2) is 41.3 Å². The Balaban J connectivity index is 2.13. The monoisotopic (exact) mass is 307 g/mol. The molecule has 1 heterocycles. The van der Waals surface area contributed by atoms with Gasteiger partial charge in [-0.1, -0.05) is 41.9 Å². The number of nitrogens with one attached hydrogen (secondary N) is 1. The van der Waals surface area contributed by atoms with Gasteiger partial charge in [0.1, 0.15) is 5.02 Å². The van der Waals surface area contributed by atoms with Crippen LogP contribution in [0.3, 0.4) is 0 Å². The summed E-state index contributed by atoms with van der Waals surface area (Å²) in [6.45, 7) is 0.670. The Morgan fingerprint density at radius 3 is 2.76 bits per heavy atom. The smallest absolute Gasteiger partial charge is 0.287 e. The zero-order valence-electron chi connectivity index (χ0n) is 11.8. The number of nitrogens with zero attached hydrogens (tertiary/aromatic N) is 2. The van der Waals surface area contributed by atoms with E-state index in [-0.39, 0.29) is 23.1 Å². The number of aliphatic hydroxyl groups is 1. The molecule has 0 bridgehead atoms. The molecule has 0 aliphatic heterocycles. The molecule has 2 rings (SSSR count). The van der Waals surface area contributed by atoms with Crippen molar-refractivity contribution in [1.82, 2.24) is 9.78 Å². The molecule has 0 radical (unpaired) electrons. The molecule has 0 aliphatic rings. The van der Waals surface area contributed by atoms with Crippen LogP contribution in [0.5, 0.6) is 0 Å². The minimum absolute atomic E-state index is 0.101. The maximum atomic E-state index is 11.7. The second kappa shape index (κ2) is 7.24. The molecule has 1 aromatic carbocycles. The standard InChI is InChI=1S/C15H18ClN3O2/c1-19-15(21)14(16)13(10-18-19)17-9-12(7-8-20)11-5-3-2-4-6-11/h2-6,10,12,17,20H,7-9H2,1H3. The lowest BCUT2D eigenvalue weighted by molar-refractivity contribution is 0.277. The van der Waals surface area contributed by atoms with Crippen molar-refractivity contribution in [1.29, 1.82) is 0 Å². The number of halogens is 1. The van der Waals surface area contributed by atoms with Crippen LogP contribution in [0.1, 0.15) is 17.9 Å². The van der Waals surface area contributed by atoms with Crippen LogP contribution in [0, 0.1) is 0 Å². The molecule has 0 aliphatic carbocycles. The highest BCUT2D eigenvalue weighted by Gasteiger charge is 2.13. The number of rotatable bonds is 6. The van der Waals surface area contributed by atoms with Gasteiger partial charge in [0, 0.05) is 26.1 Å². The average molecular weight is 308 g/mol. The average Bonchev–Trinajstić information content (AvgIpc) is 2.51. The lowest BCUT2D eigenvalue weighted by Gasteiger charge is -2.18. The summed E-state index contributed by atoms with van der Waals surface area (Å²) < 4.78 is 1.19. The summed E-state index contributed by atoms with van der Waals surface area (Å²) >= 11 is 6.02. The Bertz CT molecular complexity index is 643. The molecule has 0 amide bonds. The summed E-state index contributed by atoms with van der Waals surface area (Å²) in [6, 6.07) is 9.92. The Labute approximate surface area is 128 Å². The van der Waals surface area contributed by atoms with Gasteiger partial charge in [0.15, 0.2) is 0 Å². The van der Waals surface area contributed by atoms with E-state index in [1.54, 1.807) is 7.05 Å². The van der Waals surface area contributed by atoms with Gasteiger partial charge in [-0.2, -0.15) is 5.10 Å². The van der Waals surface area contributed by atoms with Gasteiger partial charge in [-0.05, 0) is 12.0 Å². The highest BCUT2D eigenvalue weighted by molar-refractivity contribution is 6.32. The van der Waals surface area contributed by atoms with Gasteiger partial charge in [0.2, 0.25) is 0 Å². The number of aliphatic hydroxyl groups excluding tert-OH is 1. The number of aryl methyl sites for hydroxylation is 1. The Kier molecular flexibility index (Phi) is 5.36. The first-order chi connectivity index (χ1) is 10.1. The number of hydrogen-bond donors (Lipinski definition) is 2. The van der Waals surface area contributed by atoms with E-state index in [2.05, 4.69) is 10.4 Å². The number of aromatic nitrogens is 2. The molecule has 5 nitrogen and oxygen atoms in total. The van der Waals surface area contributed by atoms with Crippen molar-refractivity contribution in [3.63, 3.8) is 0 Å². The minimum atomic E-state index is -0.333. The number of hydrogen-bond acceptors (Lipinski definition) is 4. The van der Waals surface area contributed by atoms with E-state index >= 15 is 0 Å². The van der Waals surface area contributed by atoms with Crippen molar-refractivity contribution in [2.75, 3.05) is 18.5 Å². The van der Waals surface area contributed by atoms with Crippen molar-refractivity contribution >= 4 is 17.3 Å². The quantitative estimate of drug-likeness (QED) is 0.857. The van der Waals surface area contributed by atoms with Crippen LogP contribution < -0.4 is 10.9 Å². The van der Waals surface area contributed by atoms with Crippen LogP contribution >= 0.6 is 11.6 Å². The molecule has 112 valence electrons. The molecule has 1 atom stereocenters. The van der Waals surface area contributed by atoms with Crippen molar-refractivity contribution in [3.8, 4) is 0 Å². The zero-order chi connectivity index (χ0) is 15.2. The summed E-state index contributed by atoms with van der Waals surface area (Å²) in [5, 5.41) is 16.4. The van der Waals surface area contributed by atoms with E-state index in [0.717, 1.165) is 5.56 Å². The van der Waals surface area contributed by atoms with Gasteiger partial charge in [0.05, 0.1) is 11.9 Å². The molecular formula is C15H18ClN3O2. The molecule has 0 spiro atoms. The second-order valence-electron chi connectivity index (χ2n) is 4.80. The van der Waals surface area contributed by atoms with Crippen LogP contribution in [-0.2, 0) is 7.05 Å². The summed E-state index contributed by atoms with van der Waals surface area (Å²) in [4.78, 5) is 11.7. The molecule has 2 aromatic rings. The van der Waals surface area contributed by atoms with E-state index in [1.165, 1.54) is 10.9 Å². The predicted octanol–water partition coefficient (Wildman–Crippen LogP) is 2.01. The van der Waals surface area contributed by atoms with E-state index in [9.17, 15) is 9.90 Å². The molecular weight excluding hydrogens is 290 g/mol. The third-order valence-electron chi connectivity index (χ3n) is 3.37. The largest absolute Gasteiger partial charge is 0.396 e. The maximum Gasteiger partial charge on any atom is 0.287 e. The van der Waals surface area contributed by atoms with Crippen LogP contribution in [0.2, 0.25) is 5.02 Å². The molecule has 1 aromatic heterocycles. The molecule has 0 saturated heterocycles. The Morgan fingerprint density at radius 2 is 2.10 bits per heavy atom. The summed E-state index contributed by atoms with van der Waals surface area (Å²) in [5.74, 6) is 0.135. The fourth-order valence-electron chi connectivity index (χ4n) is 2.13. The third kappa shape index (κ3) is 3.83. The first-order valence-corrected chi connectivity index (χ1v) is 7.12. The Hall–Kier alpha value is -1.85. The van der Waals surface area contributed by atoms with Crippen LogP contribution in [-0.4, -0.2) is 28.0 Å². The van der Waals surface area contributed by atoms with E-state index < -0.39 is 0 Å². The lowest BCUT2D eigenvalue weighted by Crippen LogP contribution is -2.22. The van der Waals surface area contributed by atoms with Gasteiger partial charge in [0.25, 0.3) is 5.56 Å². The third-order valence-corrected chi connectivity index (χ3v) is 3.73. The highest BCUT2D eigenvalue weighted by Crippen LogP contribution is 2.22. The SMILES string of the molecule is Cn1ncc(NCC(CCO)c2ccccc2)c(Cl)c1=O. The predicted molar refractivity (Wildman–Crippen MR) is 83.9 cm³/mol. The van der Waals surface area contributed by atoms with Gasteiger partial charge in [-0.3, -0.25) is 4.79 Å². The van der Waals surface area contributed by atoms with E-state index in [0.29, 0.717) is 18.7 Å². The minimum Gasteiger partial charge on any atom is -0.396 e. The summed E-state index contributed by atoms with van der Waals surface area (Å²) in [7, 11) is 1.55. The molecule has 6 heteroatoms. The van der Waals surface area contributed by atoms with E-state index in [1.807, 2.05) is 30.3 Å². The van der Waals surface area contributed by atoms with Crippen LogP contribution in [0.4, 0.5) is 5.69 Å². The molecule has 1 unspecified atom stereocenters. The van der Waals surface area contributed by atoms with Gasteiger partial charge in [-0.25, -0.2) is 4.68 Å². The van der Waals surface area contributed by atoms with Crippen molar-refractivity contribution in [3.05, 3.63) is 57.5 Å². The first kappa shape index (κ1) is 15.5. The molecule has 0 fully saturated rings. The first-order valence-electron chi connectivity index (χ1n) is 6.75. The second-order valence-corrected chi connectivity index (χ2v) is 5.18. The fourth-order valence-corrected chi connectivity index (χ4v) is 2.37. The van der Waals surface area contributed by atoms with E-state index in [4.69, 9.17) is 11.6 Å². The zero-order valence-corrected chi connectivity index (χ0v) is 12.5. The highest BCUT2D eigenvalue weighted by atomic mass is 35.5. The van der Waals surface area contributed by atoms with Crippen molar-refractivity contribution in [2.45, 2.75) is 12.3 Å². The fraction of sp³-hybridized carbons (Fsp3) is 0.333. The van der Waals surface area contributed by atoms with Crippen molar-refractivity contribution in [2.24, 2.45) is 7.05 Å². The summed E-state index contributed by atoms with van der Waals surface area (Å²) in [6.07, 6.45) is 2.16. The summed E-state index contributed by atoms with van der Waals surface area (Å²) in [5.41, 5.74) is 1.31. The van der Waals surface area contributed by atoms with Crippen LogP contribution in [0.25, 0.3) is 0 Å². The number of anilines is 1. The normalized spacial score (nSPS) is 12.1. The van der Waals surface area contributed by atoms with Gasteiger partial charge >= 0.3 is 0 Å². The molecule has 0 saturated carbocycles. The van der Waals surface area contributed by atoms with Gasteiger partial charge < -0.3 is 10.4 Å². The topological polar surface area (TPSA) is 67.2 Å². The molecule has 2 N–H and O–H groups in total. The molecule has 21 heavy (non-hydrogen) atoms. The maximum absolute atomic E-state index is 11.7. The lowest BCUT2D eigenvalue weighted by atomic mass is 9.96. The Morgan fingerprint density at radius 1 is 1.38 bits per heavy atom.